The van der Waals surface area contributed by atoms with E-state index in [9.17, 15) is 13.6 Å². The van der Waals surface area contributed by atoms with Crippen LogP contribution in [0, 0.1) is 11.6 Å². The number of nitrogens with one attached hydrogen (secondary N) is 1. The van der Waals surface area contributed by atoms with E-state index in [1.165, 1.54) is 18.3 Å². The number of nitrogens with zero attached hydrogens (tertiary/aromatic N) is 2. The number of anilines is 1. The monoisotopic (exact) mass is 251 g/mol. The number of benzene rings is 1. The second kappa shape index (κ2) is 4.95. The zero-order valence-electron chi connectivity index (χ0n) is 9.65. The van der Waals surface area contributed by atoms with Gasteiger partial charge in [0.15, 0.2) is 11.6 Å². The van der Waals surface area contributed by atoms with Gasteiger partial charge in [-0.3, -0.25) is 10.1 Å². The van der Waals surface area contributed by atoms with Gasteiger partial charge < -0.3 is 4.57 Å². The molecule has 6 heteroatoms. The number of aryl methyl sites for hydroxylation is 1. The lowest BCUT2D eigenvalue weighted by Crippen LogP contribution is -2.17. The van der Waals surface area contributed by atoms with Crippen molar-refractivity contribution >= 4 is 11.9 Å². The summed E-state index contributed by atoms with van der Waals surface area (Å²) >= 11 is 0. The lowest BCUT2D eigenvalue weighted by Gasteiger charge is -2.06. The molecule has 0 radical (unpaired) electrons. The van der Waals surface area contributed by atoms with Crippen LogP contribution in [0.5, 0.6) is 0 Å². The number of aromatic nitrogens is 2. The molecule has 1 heterocycles. The maximum absolute atomic E-state index is 13.3. The van der Waals surface area contributed by atoms with Crippen molar-refractivity contribution in [2.45, 2.75) is 6.42 Å². The Balaban J connectivity index is 2.08. The SMILES string of the molecule is Cn1ccnc1NC(=O)Cc1cccc(F)c1F. The maximum Gasteiger partial charge on any atom is 0.231 e. The summed E-state index contributed by atoms with van der Waals surface area (Å²) in [5.74, 6) is -2.05. The van der Waals surface area contributed by atoms with E-state index >= 15 is 0 Å². The van der Waals surface area contributed by atoms with Crippen LogP contribution >= 0.6 is 0 Å². The fourth-order valence-electron chi connectivity index (χ4n) is 1.51. The third-order valence-corrected chi connectivity index (χ3v) is 2.45. The van der Waals surface area contributed by atoms with Crippen LogP contribution < -0.4 is 5.32 Å². The van der Waals surface area contributed by atoms with Crippen LogP contribution in [0.1, 0.15) is 5.56 Å². The Hall–Kier alpha value is -2.24. The number of carbonyl (C=O) groups excluding carboxylic acids is 1. The van der Waals surface area contributed by atoms with E-state index in [2.05, 4.69) is 10.3 Å². The minimum Gasteiger partial charge on any atom is -0.320 e. The molecular weight excluding hydrogens is 240 g/mol. The lowest BCUT2D eigenvalue weighted by atomic mass is 10.1. The molecule has 0 spiro atoms. The Morgan fingerprint density at radius 1 is 1.44 bits per heavy atom. The Bertz CT molecular complexity index is 580. The molecule has 0 bridgehead atoms. The molecular formula is C12H11F2N3O. The predicted molar refractivity (Wildman–Crippen MR) is 61.9 cm³/mol. The first-order valence-corrected chi connectivity index (χ1v) is 5.28. The average Bonchev–Trinajstić information content (AvgIpc) is 2.71. The van der Waals surface area contributed by atoms with E-state index in [1.807, 2.05) is 0 Å². The number of hydrogen-bond donors (Lipinski definition) is 1. The van der Waals surface area contributed by atoms with E-state index in [0.717, 1.165) is 6.07 Å². The van der Waals surface area contributed by atoms with Crippen LogP contribution in [0.3, 0.4) is 0 Å². The number of halogens is 2. The first kappa shape index (κ1) is 12.2. The highest BCUT2D eigenvalue weighted by molar-refractivity contribution is 5.90. The van der Waals surface area contributed by atoms with Gasteiger partial charge in [0, 0.05) is 25.0 Å². The molecule has 0 aliphatic carbocycles. The van der Waals surface area contributed by atoms with Crippen molar-refractivity contribution < 1.29 is 13.6 Å². The van der Waals surface area contributed by atoms with Gasteiger partial charge in [-0.15, -0.1) is 0 Å². The molecule has 0 fully saturated rings. The summed E-state index contributed by atoms with van der Waals surface area (Å²) < 4.78 is 27.9. The van der Waals surface area contributed by atoms with Gasteiger partial charge in [-0.1, -0.05) is 12.1 Å². The molecule has 0 saturated heterocycles. The number of amides is 1. The topological polar surface area (TPSA) is 46.9 Å². The van der Waals surface area contributed by atoms with E-state index < -0.39 is 17.5 Å². The molecule has 1 amide bonds. The molecule has 0 atom stereocenters. The Kier molecular flexibility index (Phi) is 3.36. The highest BCUT2D eigenvalue weighted by atomic mass is 19.2. The normalized spacial score (nSPS) is 10.4. The van der Waals surface area contributed by atoms with Crippen LogP contribution in [0.4, 0.5) is 14.7 Å². The van der Waals surface area contributed by atoms with E-state index in [1.54, 1.807) is 17.8 Å². The standard InChI is InChI=1S/C12H11F2N3O/c1-17-6-5-15-12(17)16-10(18)7-8-3-2-4-9(13)11(8)14/h2-6H,7H2,1H3,(H,15,16,18). The Morgan fingerprint density at radius 3 is 2.89 bits per heavy atom. The summed E-state index contributed by atoms with van der Waals surface area (Å²) in [6.45, 7) is 0. The molecule has 1 aromatic carbocycles. The zero-order valence-corrected chi connectivity index (χ0v) is 9.65. The van der Waals surface area contributed by atoms with Crippen molar-refractivity contribution in [1.82, 2.24) is 9.55 Å². The van der Waals surface area contributed by atoms with Crippen molar-refractivity contribution in [1.29, 1.82) is 0 Å². The summed E-state index contributed by atoms with van der Waals surface area (Å²) in [5.41, 5.74) is 0.0155. The molecule has 4 nitrogen and oxygen atoms in total. The van der Waals surface area contributed by atoms with Gasteiger partial charge in [-0.2, -0.15) is 0 Å². The van der Waals surface area contributed by atoms with Crippen molar-refractivity contribution in [2.24, 2.45) is 7.05 Å². The summed E-state index contributed by atoms with van der Waals surface area (Å²) in [7, 11) is 1.71. The Labute approximate surface area is 102 Å². The molecule has 18 heavy (non-hydrogen) atoms. The van der Waals surface area contributed by atoms with E-state index in [4.69, 9.17) is 0 Å². The van der Waals surface area contributed by atoms with Crippen LogP contribution in [0.25, 0.3) is 0 Å². The van der Waals surface area contributed by atoms with Crippen molar-refractivity contribution in [2.75, 3.05) is 5.32 Å². The molecule has 1 aromatic heterocycles. The zero-order chi connectivity index (χ0) is 13.1. The summed E-state index contributed by atoms with van der Waals surface area (Å²) in [6.07, 6.45) is 2.95. The smallest absolute Gasteiger partial charge is 0.231 e. The van der Waals surface area contributed by atoms with Gasteiger partial charge in [0.2, 0.25) is 11.9 Å². The fraction of sp³-hybridized carbons (Fsp3) is 0.167. The van der Waals surface area contributed by atoms with Gasteiger partial charge in [0.25, 0.3) is 0 Å². The number of rotatable bonds is 3. The van der Waals surface area contributed by atoms with Gasteiger partial charge in [0.1, 0.15) is 0 Å². The predicted octanol–water partition coefficient (Wildman–Crippen LogP) is 1.88. The van der Waals surface area contributed by atoms with Crippen molar-refractivity contribution in [3.8, 4) is 0 Å². The number of imidazole rings is 1. The minimum atomic E-state index is -0.993. The Morgan fingerprint density at radius 2 is 2.22 bits per heavy atom. The molecule has 94 valence electrons. The summed E-state index contributed by atoms with van der Waals surface area (Å²) in [6, 6.07) is 3.74. The van der Waals surface area contributed by atoms with Gasteiger partial charge in [0.05, 0.1) is 6.42 Å². The van der Waals surface area contributed by atoms with Crippen molar-refractivity contribution in [3.63, 3.8) is 0 Å². The number of hydrogen-bond acceptors (Lipinski definition) is 2. The van der Waals surface area contributed by atoms with Gasteiger partial charge in [-0.25, -0.2) is 13.8 Å². The highest BCUT2D eigenvalue weighted by Gasteiger charge is 2.12. The van der Waals surface area contributed by atoms with Gasteiger partial charge >= 0.3 is 0 Å². The van der Waals surface area contributed by atoms with Crippen LogP contribution in [0.2, 0.25) is 0 Å². The second-order valence-electron chi connectivity index (χ2n) is 3.80. The lowest BCUT2D eigenvalue weighted by molar-refractivity contribution is -0.115. The molecule has 2 rings (SSSR count). The average molecular weight is 251 g/mol. The van der Waals surface area contributed by atoms with Crippen LogP contribution in [-0.2, 0) is 18.3 Å². The first-order chi connectivity index (χ1) is 8.58. The molecule has 0 aliphatic rings. The summed E-state index contributed by atoms with van der Waals surface area (Å²) in [5, 5.41) is 2.51. The van der Waals surface area contributed by atoms with Crippen LogP contribution in [-0.4, -0.2) is 15.5 Å². The third kappa shape index (κ3) is 2.53. The molecule has 0 aliphatic heterocycles. The van der Waals surface area contributed by atoms with E-state index in [0.29, 0.717) is 5.95 Å². The first-order valence-electron chi connectivity index (χ1n) is 5.28. The van der Waals surface area contributed by atoms with E-state index in [-0.39, 0.29) is 12.0 Å². The largest absolute Gasteiger partial charge is 0.320 e. The highest BCUT2D eigenvalue weighted by Crippen LogP contribution is 2.12. The molecule has 1 N–H and O–H groups in total. The summed E-state index contributed by atoms with van der Waals surface area (Å²) in [4.78, 5) is 15.5. The fourth-order valence-corrected chi connectivity index (χ4v) is 1.51. The second-order valence-corrected chi connectivity index (χ2v) is 3.80. The number of carbonyl (C=O) groups is 1. The maximum atomic E-state index is 13.3. The molecule has 2 aromatic rings. The van der Waals surface area contributed by atoms with Crippen LogP contribution in [0.15, 0.2) is 30.6 Å². The molecule has 0 saturated carbocycles. The third-order valence-electron chi connectivity index (χ3n) is 2.45. The minimum absolute atomic E-state index is 0.0155. The quantitative estimate of drug-likeness (QED) is 0.905. The van der Waals surface area contributed by atoms with Gasteiger partial charge in [-0.05, 0) is 6.07 Å². The molecule has 0 unspecified atom stereocenters. The van der Waals surface area contributed by atoms with Crippen molar-refractivity contribution in [3.05, 3.63) is 47.8 Å².